The Morgan fingerprint density at radius 1 is 1.00 bits per heavy atom. The van der Waals surface area contributed by atoms with Gasteiger partial charge in [-0.05, 0) is 49.9 Å². The van der Waals surface area contributed by atoms with Crippen LogP contribution < -0.4 is 0 Å². The third-order valence-electron chi connectivity index (χ3n) is 2.48. The molecule has 0 aliphatic rings. The average Bonchev–Trinajstić information content (AvgIpc) is 2.02. The molecule has 1 heteroatoms. The van der Waals surface area contributed by atoms with Crippen molar-refractivity contribution in [2.24, 2.45) is 0 Å². The third kappa shape index (κ3) is 1.21. The van der Waals surface area contributed by atoms with Crippen molar-refractivity contribution in [2.45, 2.75) is 27.7 Å². The van der Waals surface area contributed by atoms with Crippen LogP contribution in [-0.4, -0.2) is 0 Å². The number of hydrogen-bond acceptors (Lipinski definition) is 1. The fourth-order valence-corrected chi connectivity index (χ4v) is 1.38. The summed E-state index contributed by atoms with van der Waals surface area (Å²) < 4.78 is 0. The SMILES string of the molecule is Cc1cc(C)c(C)c(C#N)c1C. The molecule has 0 saturated heterocycles. The molecular weight excluding hydrogens is 146 g/mol. The summed E-state index contributed by atoms with van der Waals surface area (Å²) in [6.07, 6.45) is 0. The number of nitrogens with zero attached hydrogens (tertiary/aromatic N) is 1. The van der Waals surface area contributed by atoms with Crippen molar-refractivity contribution >= 4 is 0 Å². The molecule has 0 amide bonds. The summed E-state index contributed by atoms with van der Waals surface area (Å²) in [5.74, 6) is 0. The molecule has 0 aromatic heterocycles. The summed E-state index contributed by atoms with van der Waals surface area (Å²) in [4.78, 5) is 0. The third-order valence-corrected chi connectivity index (χ3v) is 2.48. The van der Waals surface area contributed by atoms with Crippen LogP contribution in [0.4, 0.5) is 0 Å². The lowest BCUT2D eigenvalue weighted by molar-refractivity contribution is 1.21. The molecule has 12 heavy (non-hydrogen) atoms. The molecule has 0 N–H and O–H groups in total. The summed E-state index contributed by atoms with van der Waals surface area (Å²) in [7, 11) is 0. The van der Waals surface area contributed by atoms with Gasteiger partial charge in [0.05, 0.1) is 11.6 Å². The fraction of sp³-hybridized carbons (Fsp3) is 0.364. The molecule has 0 unspecified atom stereocenters. The minimum Gasteiger partial charge on any atom is -0.192 e. The monoisotopic (exact) mass is 159 g/mol. The second-order valence-corrected chi connectivity index (χ2v) is 3.25. The second-order valence-electron chi connectivity index (χ2n) is 3.25. The van der Waals surface area contributed by atoms with Crippen LogP contribution in [0.3, 0.4) is 0 Å². The van der Waals surface area contributed by atoms with Crippen molar-refractivity contribution < 1.29 is 0 Å². The van der Waals surface area contributed by atoms with Gasteiger partial charge in [0.15, 0.2) is 0 Å². The maximum atomic E-state index is 8.90. The molecule has 0 saturated carbocycles. The molecule has 0 aliphatic heterocycles. The molecule has 0 fully saturated rings. The van der Waals surface area contributed by atoms with Crippen molar-refractivity contribution in [3.63, 3.8) is 0 Å². The van der Waals surface area contributed by atoms with Gasteiger partial charge in [0, 0.05) is 0 Å². The number of aryl methyl sites for hydroxylation is 2. The molecule has 1 rings (SSSR count). The van der Waals surface area contributed by atoms with Crippen molar-refractivity contribution in [3.05, 3.63) is 33.9 Å². The minimum atomic E-state index is 0.840. The highest BCUT2D eigenvalue weighted by Gasteiger charge is 2.06. The lowest BCUT2D eigenvalue weighted by Gasteiger charge is -2.08. The Bertz CT molecular complexity index is 330. The van der Waals surface area contributed by atoms with E-state index in [1.807, 2.05) is 27.7 Å². The van der Waals surface area contributed by atoms with Gasteiger partial charge in [-0.1, -0.05) is 6.07 Å². The topological polar surface area (TPSA) is 23.8 Å². The molecule has 0 bridgehead atoms. The molecule has 1 aromatic rings. The maximum Gasteiger partial charge on any atom is 0.0997 e. The summed E-state index contributed by atoms with van der Waals surface area (Å²) in [5, 5.41) is 8.90. The lowest BCUT2D eigenvalue weighted by Crippen LogP contribution is -1.94. The Hall–Kier alpha value is -1.29. The predicted molar refractivity (Wildman–Crippen MR) is 50.1 cm³/mol. The highest BCUT2D eigenvalue weighted by Crippen LogP contribution is 2.20. The smallest absolute Gasteiger partial charge is 0.0997 e. The molecule has 0 aliphatic carbocycles. The van der Waals surface area contributed by atoms with Gasteiger partial charge in [0.2, 0.25) is 0 Å². The van der Waals surface area contributed by atoms with Crippen LogP contribution in [0.1, 0.15) is 27.8 Å². The Morgan fingerprint density at radius 2 is 1.42 bits per heavy atom. The minimum absolute atomic E-state index is 0.840. The summed E-state index contributed by atoms with van der Waals surface area (Å²) >= 11 is 0. The first-order valence-corrected chi connectivity index (χ1v) is 4.05. The summed E-state index contributed by atoms with van der Waals surface area (Å²) in [6, 6.07) is 4.38. The average molecular weight is 159 g/mol. The quantitative estimate of drug-likeness (QED) is 0.571. The molecule has 0 heterocycles. The Kier molecular flexibility index (Phi) is 2.19. The number of nitriles is 1. The van der Waals surface area contributed by atoms with E-state index in [1.54, 1.807) is 0 Å². The van der Waals surface area contributed by atoms with Crippen molar-refractivity contribution in [2.75, 3.05) is 0 Å². The van der Waals surface area contributed by atoms with E-state index in [2.05, 4.69) is 12.1 Å². The highest BCUT2D eigenvalue weighted by molar-refractivity contribution is 5.50. The van der Waals surface area contributed by atoms with Crippen LogP contribution >= 0.6 is 0 Å². The zero-order valence-electron chi connectivity index (χ0n) is 8.02. The lowest BCUT2D eigenvalue weighted by atomic mass is 9.95. The molecule has 0 radical (unpaired) electrons. The van der Waals surface area contributed by atoms with Gasteiger partial charge in [-0.2, -0.15) is 5.26 Å². The normalized spacial score (nSPS) is 9.58. The van der Waals surface area contributed by atoms with Crippen LogP contribution in [-0.2, 0) is 0 Å². The molecule has 0 atom stereocenters. The Morgan fingerprint density at radius 3 is 1.75 bits per heavy atom. The van der Waals surface area contributed by atoms with E-state index in [0.717, 1.165) is 16.7 Å². The van der Waals surface area contributed by atoms with Crippen LogP contribution in [0, 0.1) is 39.0 Å². The van der Waals surface area contributed by atoms with E-state index in [4.69, 9.17) is 5.26 Å². The maximum absolute atomic E-state index is 8.90. The van der Waals surface area contributed by atoms with E-state index in [0.29, 0.717) is 0 Å². The van der Waals surface area contributed by atoms with Gasteiger partial charge in [0.1, 0.15) is 0 Å². The molecule has 1 aromatic carbocycles. The van der Waals surface area contributed by atoms with E-state index < -0.39 is 0 Å². The zero-order chi connectivity index (χ0) is 9.30. The van der Waals surface area contributed by atoms with E-state index >= 15 is 0 Å². The van der Waals surface area contributed by atoms with Crippen molar-refractivity contribution in [1.29, 1.82) is 5.26 Å². The van der Waals surface area contributed by atoms with Crippen LogP contribution in [0.15, 0.2) is 6.07 Å². The number of rotatable bonds is 0. The van der Waals surface area contributed by atoms with Crippen molar-refractivity contribution in [3.8, 4) is 6.07 Å². The van der Waals surface area contributed by atoms with Crippen LogP contribution in [0.5, 0.6) is 0 Å². The molecule has 62 valence electrons. The second kappa shape index (κ2) is 2.98. The molecular formula is C11H13N. The first-order chi connectivity index (χ1) is 5.57. The van der Waals surface area contributed by atoms with Crippen molar-refractivity contribution in [1.82, 2.24) is 0 Å². The van der Waals surface area contributed by atoms with Crippen LogP contribution in [0.2, 0.25) is 0 Å². The number of hydrogen-bond donors (Lipinski definition) is 0. The van der Waals surface area contributed by atoms with Gasteiger partial charge in [-0.3, -0.25) is 0 Å². The first-order valence-electron chi connectivity index (χ1n) is 4.05. The Balaban J connectivity index is 3.56. The van der Waals surface area contributed by atoms with Gasteiger partial charge in [0.25, 0.3) is 0 Å². The summed E-state index contributed by atoms with van der Waals surface area (Å²) in [6.45, 7) is 8.09. The molecule has 1 nitrogen and oxygen atoms in total. The molecule has 0 spiro atoms. The van der Waals surface area contributed by atoms with Crippen LogP contribution in [0.25, 0.3) is 0 Å². The van der Waals surface area contributed by atoms with Gasteiger partial charge in [-0.25, -0.2) is 0 Å². The number of benzene rings is 1. The summed E-state index contributed by atoms with van der Waals surface area (Å²) in [5.41, 5.74) is 5.47. The fourth-order valence-electron chi connectivity index (χ4n) is 1.38. The largest absolute Gasteiger partial charge is 0.192 e. The zero-order valence-corrected chi connectivity index (χ0v) is 8.02. The Labute approximate surface area is 73.6 Å². The van der Waals surface area contributed by atoms with Gasteiger partial charge >= 0.3 is 0 Å². The van der Waals surface area contributed by atoms with E-state index in [9.17, 15) is 0 Å². The van der Waals surface area contributed by atoms with E-state index in [1.165, 1.54) is 11.1 Å². The first kappa shape index (κ1) is 8.80. The predicted octanol–water partition coefficient (Wildman–Crippen LogP) is 2.79. The van der Waals surface area contributed by atoms with Gasteiger partial charge in [-0.15, -0.1) is 0 Å². The van der Waals surface area contributed by atoms with Gasteiger partial charge < -0.3 is 0 Å². The standard InChI is InChI=1S/C11H13N/c1-7-5-8(2)10(4)11(6-12)9(7)3/h5H,1-4H3. The van der Waals surface area contributed by atoms with E-state index in [-0.39, 0.29) is 0 Å². The highest BCUT2D eigenvalue weighted by atomic mass is 14.3.